The summed E-state index contributed by atoms with van der Waals surface area (Å²) in [5.74, 6) is 0. The molecule has 2 aromatic rings. The molecule has 7 heteroatoms. The van der Waals surface area contributed by atoms with Gasteiger partial charge in [0.15, 0.2) is 10.8 Å². The number of hydrogen-bond donors (Lipinski definition) is 0. The SMILES string of the molecule is CSc1nc(Cl)cc2nnnn12. The van der Waals surface area contributed by atoms with Crippen LogP contribution in [0.25, 0.3) is 5.65 Å². The van der Waals surface area contributed by atoms with Crippen LogP contribution in [-0.4, -0.2) is 31.3 Å². The van der Waals surface area contributed by atoms with E-state index in [9.17, 15) is 0 Å². The molecule has 0 fully saturated rings. The van der Waals surface area contributed by atoms with Crippen LogP contribution in [0.4, 0.5) is 0 Å². The largest absolute Gasteiger partial charge is 0.210 e. The van der Waals surface area contributed by atoms with E-state index in [-0.39, 0.29) is 0 Å². The van der Waals surface area contributed by atoms with Gasteiger partial charge in [-0.2, -0.15) is 4.52 Å². The molecule has 0 saturated carbocycles. The molecule has 0 unspecified atom stereocenters. The Balaban J connectivity index is 2.80. The lowest BCUT2D eigenvalue weighted by Crippen LogP contribution is -1.95. The molecule has 2 heterocycles. The van der Waals surface area contributed by atoms with E-state index in [0.717, 1.165) is 0 Å². The molecule has 0 atom stereocenters. The molecular weight excluding hydrogens is 198 g/mol. The molecule has 5 nitrogen and oxygen atoms in total. The number of rotatable bonds is 1. The van der Waals surface area contributed by atoms with Crippen LogP contribution in [0.1, 0.15) is 0 Å². The van der Waals surface area contributed by atoms with Crippen molar-refractivity contribution < 1.29 is 0 Å². The van der Waals surface area contributed by atoms with Crippen molar-refractivity contribution in [3.63, 3.8) is 0 Å². The fourth-order valence-electron chi connectivity index (χ4n) is 0.830. The maximum Gasteiger partial charge on any atom is 0.193 e. The first-order valence-electron chi connectivity index (χ1n) is 3.10. The third-order valence-electron chi connectivity index (χ3n) is 1.31. The van der Waals surface area contributed by atoms with Gasteiger partial charge in [-0.3, -0.25) is 0 Å². The molecule has 0 N–H and O–H groups in total. The van der Waals surface area contributed by atoms with Gasteiger partial charge >= 0.3 is 0 Å². The van der Waals surface area contributed by atoms with Crippen LogP contribution < -0.4 is 0 Å². The normalized spacial score (nSPS) is 10.8. The van der Waals surface area contributed by atoms with Crippen molar-refractivity contribution in [2.24, 2.45) is 0 Å². The van der Waals surface area contributed by atoms with Crippen molar-refractivity contribution >= 4 is 29.0 Å². The smallest absolute Gasteiger partial charge is 0.193 e. The molecule has 0 amide bonds. The van der Waals surface area contributed by atoms with Crippen molar-refractivity contribution in [2.75, 3.05) is 6.26 Å². The molecule has 2 rings (SSSR count). The molecular formula is C5H4ClN5S. The van der Waals surface area contributed by atoms with Crippen LogP contribution in [0.15, 0.2) is 11.2 Å². The highest BCUT2D eigenvalue weighted by molar-refractivity contribution is 7.98. The molecule has 0 aliphatic rings. The maximum atomic E-state index is 5.73. The summed E-state index contributed by atoms with van der Waals surface area (Å²) in [5.41, 5.74) is 0.611. The average molecular weight is 202 g/mol. The zero-order chi connectivity index (χ0) is 8.55. The monoisotopic (exact) mass is 201 g/mol. The first-order chi connectivity index (χ1) is 5.81. The first kappa shape index (κ1) is 7.75. The molecule has 0 aromatic carbocycles. The fraction of sp³-hybridized carbons (Fsp3) is 0.200. The third-order valence-corrected chi connectivity index (χ3v) is 2.13. The van der Waals surface area contributed by atoms with Crippen LogP contribution in [0.5, 0.6) is 0 Å². The maximum absolute atomic E-state index is 5.73. The van der Waals surface area contributed by atoms with Gasteiger partial charge in [0.2, 0.25) is 0 Å². The number of fused-ring (bicyclic) bond motifs is 1. The van der Waals surface area contributed by atoms with E-state index >= 15 is 0 Å². The Labute approximate surface area is 77.1 Å². The van der Waals surface area contributed by atoms with Crippen LogP contribution in [-0.2, 0) is 0 Å². The van der Waals surface area contributed by atoms with Crippen molar-refractivity contribution in [3.05, 3.63) is 11.2 Å². The Morgan fingerprint density at radius 3 is 3.17 bits per heavy atom. The summed E-state index contributed by atoms with van der Waals surface area (Å²) in [5, 5.41) is 12.1. The van der Waals surface area contributed by atoms with Crippen LogP contribution >= 0.6 is 23.4 Å². The van der Waals surface area contributed by atoms with Gasteiger partial charge in [0, 0.05) is 6.07 Å². The van der Waals surface area contributed by atoms with Gasteiger partial charge in [-0.05, 0) is 16.7 Å². The van der Waals surface area contributed by atoms with E-state index in [2.05, 4.69) is 20.5 Å². The van der Waals surface area contributed by atoms with Gasteiger partial charge in [0.25, 0.3) is 0 Å². The summed E-state index contributed by atoms with van der Waals surface area (Å²) in [7, 11) is 0. The lowest BCUT2D eigenvalue weighted by atomic mass is 10.6. The molecule has 0 bridgehead atoms. The molecule has 62 valence electrons. The second-order valence-corrected chi connectivity index (χ2v) is 3.18. The van der Waals surface area contributed by atoms with Crippen LogP contribution in [0, 0.1) is 0 Å². The Hall–Kier alpha value is -0.880. The van der Waals surface area contributed by atoms with Crippen molar-refractivity contribution in [1.82, 2.24) is 25.0 Å². The Morgan fingerprint density at radius 2 is 2.42 bits per heavy atom. The summed E-state index contributed by atoms with van der Waals surface area (Å²) in [4.78, 5) is 4.04. The topological polar surface area (TPSA) is 56.0 Å². The first-order valence-corrected chi connectivity index (χ1v) is 4.70. The molecule has 0 radical (unpaired) electrons. The van der Waals surface area contributed by atoms with E-state index in [1.165, 1.54) is 16.3 Å². The summed E-state index contributed by atoms with van der Waals surface area (Å²) in [6.45, 7) is 0. The quantitative estimate of drug-likeness (QED) is 0.390. The Bertz CT molecular complexity index is 413. The van der Waals surface area contributed by atoms with Crippen molar-refractivity contribution in [2.45, 2.75) is 5.16 Å². The van der Waals surface area contributed by atoms with E-state index in [1.54, 1.807) is 6.07 Å². The predicted octanol–water partition coefficient (Wildman–Crippen LogP) is 0.895. The highest BCUT2D eigenvalue weighted by atomic mass is 35.5. The van der Waals surface area contributed by atoms with Crippen LogP contribution in [0.3, 0.4) is 0 Å². The number of thioether (sulfide) groups is 1. The molecule has 0 spiro atoms. The number of hydrogen-bond acceptors (Lipinski definition) is 5. The number of aromatic nitrogens is 5. The van der Waals surface area contributed by atoms with Gasteiger partial charge in [0.1, 0.15) is 5.15 Å². The van der Waals surface area contributed by atoms with E-state index in [4.69, 9.17) is 11.6 Å². The zero-order valence-corrected chi connectivity index (χ0v) is 7.67. The summed E-state index contributed by atoms with van der Waals surface area (Å²) in [6.07, 6.45) is 1.89. The van der Waals surface area contributed by atoms with Gasteiger partial charge in [-0.25, -0.2) is 4.98 Å². The minimum atomic E-state index is 0.404. The third kappa shape index (κ3) is 1.12. The second kappa shape index (κ2) is 2.87. The van der Waals surface area contributed by atoms with E-state index in [0.29, 0.717) is 16.0 Å². The van der Waals surface area contributed by atoms with Gasteiger partial charge in [-0.15, -0.1) is 5.10 Å². The number of tetrazole rings is 1. The second-order valence-electron chi connectivity index (χ2n) is 2.01. The molecule has 0 saturated heterocycles. The van der Waals surface area contributed by atoms with Gasteiger partial charge < -0.3 is 0 Å². The van der Waals surface area contributed by atoms with E-state index in [1.807, 2.05) is 6.26 Å². The standard InChI is InChI=1S/C5H4ClN5S/c1-12-5-7-3(6)2-4-8-9-10-11(4)5/h2H,1H3. The predicted molar refractivity (Wildman–Crippen MR) is 45.4 cm³/mol. The highest BCUT2D eigenvalue weighted by Crippen LogP contribution is 2.15. The highest BCUT2D eigenvalue weighted by Gasteiger charge is 2.05. The average Bonchev–Trinajstić information content (AvgIpc) is 2.50. The zero-order valence-electron chi connectivity index (χ0n) is 6.10. The Morgan fingerprint density at radius 1 is 1.58 bits per heavy atom. The fourth-order valence-corrected chi connectivity index (χ4v) is 1.55. The molecule has 12 heavy (non-hydrogen) atoms. The Kier molecular flexibility index (Phi) is 1.86. The lowest BCUT2D eigenvalue weighted by molar-refractivity contribution is 0.736. The van der Waals surface area contributed by atoms with Gasteiger partial charge in [0.05, 0.1) is 0 Å². The lowest BCUT2D eigenvalue weighted by Gasteiger charge is -1.97. The summed E-state index contributed by atoms with van der Waals surface area (Å²) >= 11 is 7.17. The van der Waals surface area contributed by atoms with Crippen molar-refractivity contribution in [3.8, 4) is 0 Å². The van der Waals surface area contributed by atoms with Crippen LogP contribution in [0.2, 0.25) is 5.15 Å². The van der Waals surface area contributed by atoms with Gasteiger partial charge in [-0.1, -0.05) is 23.4 Å². The number of halogens is 1. The molecule has 0 aliphatic heterocycles. The summed E-state index contributed by atoms with van der Waals surface area (Å²) in [6, 6.07) is 1.61. The minimum absolute atomic E-state index is 0.404. The minimum Gasteiger partial charge on any atom is -0.210 e. The van der Waals surface area contributed by atoms with E-state index < -0.39 is 0 Å². The number of nitrogens with zero attached hydrogens (tertiary/aromatic N) is 5. The molecule has 2 aromatic heterocycles. The molecule has 0 aliphatic carbocycles. The summed E-state index contributed by atoms with van der Waals surface area (Å²) < 4.78 is 1.54. The van der Waals surface area contributed by atoms with Crippen molar-refractivity contribution in [1.29, 1.82) is 0 Å².